The van der Waals surface area contributed by atoms with Crippen LogP contribution in [0.2, 0.25) is 0 Å². The Bertz CT molecular complexity index is 578. The van der Waals surface area contributed by atoms with Gasteiger partial charge in [-0.05, 0) is 29.3 Å². The summed E-state index contributed by atoms with van der Waals surface area (Å²) in [5.41, 5.74) is 2.38. The van der Waals surface area contributed by atoms with Gasteiger partial charge in [0.1, 0.15) is 5.82 Å². The molecule has 0 saturated carbocycles. The third-order valence-corrected chi connectivity index (χ3v) is 3.49. The summed E-state index contributed by atoms with van der Waals surface area (Å²) in [5, 5.41) is 9.09. The molecule has 0 spiro atoms. The Labute approximate surface area is 130 Å². The van der Waals surface area contributed by atoms with Gasteiger partial charge in [-0.1, -0.05) is 12.1 Å². The number of hydrogen-bond donors (Lipinski definition) is 1. The highest BCUT2D eigenvalue weighted by Gasteiger charge is 2.10. The van der Waals surface area contributed by atoms with Gasteiger partial charge in [0.25, 0.3) is 0 Å². The molecule has 4 nitrogen and oxygen atoms in total. The van der Waals surface area contributed by atoms with E-state index in [9.17, 15) is 4.39 Å². The Balaban J connectivity index is 2.11. The zero-order valence-corrected chi connectivity index (χ0v) is 12.7. The monoisotopic (exact) mass is 304 g/mol. The second-order valence-electron chi connectivity index (χ2n) is 5.03. The molecule has 0 fully saturated rings. The summed E-state index contributed by atoms with van der Waals surface area (Å²) >= 11 is 0. The van der Waals surface area contributed by atoms with Crippen LogP contribution in [0, 0.1) is 5.82 Å². The van der Waals surface area contributed by atoms with E-state index in [1.807, 2.05) is 23.1 Å². The second kappa shape index (κ2) is 8.58. The van der Waals surface area contributed by atoms with E-state index in [0.29, 0.717) is 31.8 Å². The first-order chi connectivity index (χ1) is 10.7. The number of pyridine rings is 1. The Morgan fingerprint density at radius 2 is 1.91 bits per heavy atom. The standard InChI is InChI=1S/C17H21FN2O2/c1-22-11-9-20(8-10-21)13-16-3-2-15(12-17(16)18)14-4-6-19-7-5-14/h2-7,12,21H,8-11,13H2,1H3. The van der Waals surface area contributed by atoms with Gasteiger partial charge in [0.15, 0.2) is 0 Å². The summed E-state index contributed by atoms with van der Waals surface area (Å²) in [6.45, 7) is 2.20. The summed E-state index contributed by atoms with van der Waals surface area (Å²) in [6, 6.07) is 8.94. The second-order valence-corrected chi connectivity index (χ2v) is 5.03. The van der Waals surface area contributed by atoms with Crippen molar-refractivity contribution in [2.45, 2.75) is 6.54 Å². The first kappa shape index (κ1) is 16.5. The molecule has 22 heavy (non-hydrogen) atoms. The van der Waals surface area contributed by atoms with Crippen molar-refractivity contribution < 1.29 is 14.2 Å². The highest BCUT2D eigenvalue weighted by Crippen LogP contribution is 2.22. The third-order valence-electron chi connectivity index (χ3n) is 3.49. The fourth-order valence-corrected chi connectivity index (χ4v) is 2.27. The predicted molar refractivity (Wildman–Crippen MR) is 83.9 cm³/mol. The van der Waals surface area contributed by atoms with Crippen molar-refractivity contribution in [1.29, 1.82) is 0 Å². The van der Waals surface area contributed by atoms with Crippen LogP contribution in [0.5, 0.6) is 0 Å². The van der Waals surface area contributed by atoms with Crippen LogP contribution in [0.3, 0.4) is 0 Å². The molecule has 1 aromatic heterocycles. The van der Waals surface area contributed by atoms with Gasteiger partial charge >= 0.3 is 0 Å². The van der Waals surface area contributed by atoms with Gasteiger partial charge in [-0.15, -0.1) is 0 Å². The number of aliphatic hydroxyl groups is 1. The van der Waals surface area contributed by atoms with E-state index in [-0.39, 0.29) is 12.4 Å². The molecule has 0 bridgehead atoms. The van der Waals surface area contributed by atoms with Crippen LogP contribution in [-0.2, 0) is 11.3 Å². The molecule has 1 N–H and O–H groups in total. The van der Waals surface area contributed by atoms with Gasteiger partial charge in [0.05, 0.1) is 13.2 Å². The summed E-state index contributed by atoms with van der Waals surface area (Å²) < 4.78 is 19.4. The molecule has 0 aliphatic carbocycles. The number of hydrogen-bond acceptors (Lipinski definition) is 4. The van der Waals surface area contributed by atoms with E-state index < -0.39 is 0 Å². The summed E-state index contributed by atoms with van der Waals surface area (Å²) in [4.78, 5) is 5.93. The van der Waals surface area contributed by atoms with Crippen molar-refractivity contribution >= 4 is 0 Å². The zero-order valence-electron chi connectivity index (χ0n) is 12.7. The van der Waals surface area contributed by atoms with Crippen molar-refractivity contribution in [3.05, 3.63) is 54.1 Å². The lowest BCUT2D eigenvalue weighted by Crippen LogP contribution is -2.30. The minimum absolute atomic E-state index is 0.0421. The van der Waals surface area contributed by atoms with Crippen LogP contribution in [0.1, 0.15) is 5.56 Å². The quantitative estimate of drug-likeness (QED) is 0.813. The predicted octanol–water partition coefficient (Wildman–Crippen LogP) is 2.33. The number of benzene rings is 1. The number of halogens is 1. The maximum atomic E-state index is 14.3. The highest BCUT2D eigenvalue weighted by molar-refractivity contribution is 5.63. The number of aliphatic hydroxyl groups excluding tert-OH is 1. The van der Waals surface area contributed by atoms with Gasteiger partial charge < -0.3 is 9.84 Å². The highest BCUT2D eigenvalue weighted by atomic mass is 19.1. The van der Waals surface area contributed by atoms with E-state index in [2.05, 4.69) is 4.98 Å². The van der Waals surface area contributed by atoms with E-state index in [1.165, 1.54) is 6.07 Å². The molecule has 0 atom stereocenters. The number of aromatic nitrogens is 1. The fraction of sp³-hybridized carbons (Fsp3) is 0.353. The van der Waals surface area contributed by atoms with Gasteiger partial charge in [-0.3, -0.25) is 9.88 Å². The van der Waals surface area contributed by atoms with Crippen LogP contribution in [0.4, 0.5) is 4.39 Å². The minimum Gasteiger partial charge on any atom is -0.395 e. The van der Waals surface area contributed by atoms with E-state index >= 15 is 0 Å². The van der Waals surface area contributed by atoms with Crippen molar-refractivity contribution in [2.24, 2.45) is 0 Å². The fourth-order valence-electron chi connectivity index (χ4n) is 2.27. The Morgan fingerprint density at radius 1 is 1.14 bits per heavy atom. The van der Waals surface area contributed by atoms with E-state index in [4.69, 9.17) is 9.84 Å². The molecule has 1 aromatic carbocycles. The number of ether oxygens (including phenoxy) is 1. The lowest BCUT2D eigenvalue weighted by atomic mass is 10.0. The van der Waals surface area contributed by atoms with Gasteiger partial charge in [0, 0.05) is 44.7 Å². The van der Waals surface area contributed by atoms with Crippen LogP contribution in [0.15, 0.2) is 42.7 Å². The van der Waals surface area contributed by atoms with Crippen molar-refractivity contribution in [3.8, 4) is 11.1 Å². The molecular formula is C17H21FN2O2. The number of rotatable bonds is 8. The average Bonchev–Trinajstić information content (AvgIpc) is 2.55. The first-order valence-electron chi connectivity index (χ1n) is 7.25. The molecule has 118 valence electrons. The van der Waals surface area contributed by atoms with Crippen molar-refractivity contribution in [1.82, 2.24) is 9.88 Å². The molecule has 0 amide bonds. The van der Waals surface area contributed by atoms with E-state index in [0.717, 1.165) is 11.1 Å². The lowest BCUT2D eigenvalue weighted by Gasteiger charge is -2.21. The Morgan fingerprint density at radius 3 is 2.55 bits per heavy atom. The smallest absolute Gasteiger partial charge is 0.128 e. The van der Waals surface area contributed by atoms with Crippen LogP contribution in [0.25, 0.3) is 11.1 Å². The molecule has 2 rings (SSSR count). The van der Waals surface area contributed by atoms with E-state index in [1.54, 1.807) is 25.6 Å². The number of methoxy groups -OCH3 is 1. The average molecular weight is 304 g/mol. The molecular weight excluding hydrogens is 283 g/mol. The SMILES string of the molecule is COCCN(CCO)Cc1ccc(-c2ccncc2)cc1F. The lowest BCUT2D eigenvalue weighted by molar-refractivity contribution is 0.126. The minimum atomic E-state index is -0.241. The van der Waals surface area contributed by atoms with Crippen molar-refractivity contribution in [3.63, 3.8) is 0 Å². The maximum Gasteiger partial charge on any atom is 0.128 e. The molecule has 1 heterocycles. The molecule has 0 saturated heterocycles. The van der Waals surface area contributed by atoms with Crippen LogP contribution >= 0.6 is 0 Å². The summed E-state index contributed by atoms with van der Waals surface area (Å²) in [7, 11) is 1.63. The normalized spacial score (nSPS) is 11.1. The van der Waals surface area contributed by atoms with Gasteiger partial charge in [0.2, 0.25) is 0 Å². The van der Waals surface area contributed by atoms with Gasteiger partial charge in [-0.25, -0.2) is 4.39 Å². The summed E-state index contributed by atoms with van der Waals surface area (Å²) in [5.74, 6) is -0.241. The zero-order chi connectivity index (χ0) is 15.8. The number of nitrogens with zero attached hydrogens (tertiary/aromatic N) is 2. The van der Waals surface area contributed by atoms with Crippen LogP contribution < -0.4 is 0 Å². The van der Waals surface area contributed by atoms with Crippen LogP contribution in [-0.4, -0.2) is 48.4 Å². The Kier molecular flexibility index (Phi) is 6.45. The maximum absolute atomic E-state index is 14.3. The molecule has 0 aliphatic heterocycles. The molecule has 2 aromatic rings. The molecule has 5 heteroatoms. The van der Waals surface area contributed by atoms with Gasteiger partial charge in [-0.2, -0.15) is 0 Å². The topological polar surface area (TPSA) is 45.6 Å². The van der Waals surface area contributed by atoms with Crippen molar-refractivity contribution in [2.75, 3.05) is 33.4 Å². The molecule has 0 radical (unpaired) electrons. The third kappa shape index (κ3) is 4.59. The Hall–Kier alpha value is -1.82. The summed E-state index contributed by atoms with van der Waals surface area (Å²) in [6.07, 6.45) is 3.38. The molecule has 0 aliphatic rings. The molecule has 0 unspecified atom stereocenters. The largest absolute Gasteiger partial charge is 0.395 e. The first-order valence-corrected chi connectivity index (χ1v) is 7.25.